The van der Waals surface area contributed by atoms with Crippen LogP contribution in [0.3, 0.4) is 0 Å². The van der Waals surface area contributed by atoms with Crippen molar-refractivity contribution in [2.24, 2.45) is 21.6 Å². The maximum atomic E-state index is 13.4. The highest BCUT2D eigenvalue weighted by Gasteiger charge is 2.55. The molecule has 2 heterocycles. The number of aromatic nitrogens is 1. The minimum Gasteiger partial charge on any atom is -0.319 e. The molecule has 13 heteroatoms. The lowest BCUT2D eigenvalue weighted by molar-refractivity contribution is -0.141. The molecule has 0 amide bonds. The van der Waals surface area contributed by atoms with E-state index in [9.17, 15) is 30.7 Å². The van der Waals surface area contributed by atoms with Crippen molar-refractivity contribution in [2.75, 3.05) is 0 Å². The Labute approximate surface area is 165 Å². The largest absolute Gasteiger partial charge is 0.433 e. The number of amidine groups is 1. The second-order valence-electron chi connectivity index (χ2n) is 7.80. The van der Waals surface area contributed by atoms with Gasteiger partial charge in [0.05, 0.1) is 6.04 Å². The summed E-state index contributed by atoms with van der Waals surface area (Å²) in [6, 6.07) is 2.35. The monoisotopic (exact) mass is 438 g/mol. The Bertz CT molecular complexity index is 896. The van der Waals surface area contributed by atoms with Crippen molar-refractivity contribution in [3.05, 3.63) is 29.6 Å². The van der Waals surface area contributed by atoms with Crippen molar-refractivity contribution < 1.29 is 30.7 Å². The van der Waals surface area contributed by atoms with Crippen LogP contribution in [0.5, 0.6) is 0 Å². The van der Waals surface area contributed by atoms with E-state index in [0.717, 1.165) is 12.1 Å². The zero-order valence-electron chi connectivity index (χ0n) is 15.3. The Morgan fingerprint density at radius 1 is 1.03 bits per heavy atom. The molecule has 0 spiro atoms. The molecule has 2 saturated carbocycles. The number of nitrogens with zero attached hydrogens (tertiary/aromatic N) is 3. The first-order valence-corrected chi connectivity index (χ1v) is 9.07. The van der Waals surface area contributed by atoms with Crippen LogP contribution in [0.25, 0.3) is 0 Å². The Morgan fingerprint density at radius 3 is 2.23 bits per heavy atom. The summed E-state index contributed by atoms with van der Waals surface area (Å²) in [4.78, 5) is 11.7. The molecule has 4 N–H and O–H groups in total. The van der Waals surface area contributed by atoms with Gasteiger partial charge in [-0.05, 0) is 12.1 Å². The topological polar surface area (TPSA) is 87.7 Å². The fourth-order valence-electron chi connectivity index (χ4n) is 3.55. The summed E-state index contributed by atoms with van der Waals surface area (Å²) in [6.45, 7) is 0. The number of pyridine rings is 1. The molecule has 0 saturated heterocycles. The number of nitrogens with one attached hydrogen (secondary N) is 2. The highest BCUT2D eigenvalue weighted by atomic mass is 19.4. The van der Waals surface area contributed by atoms with Gasteiger partial charge in [0.25, 0.3) is 5.92 Å². The molecule has 2 aliphatic carbocycles. The van der Waals surface area contributed by atoms with Gasteiger partial charge in [-0.15, -0.1) is 0 Å². The first kappa shape index (κ1) is 20.8. The first-order valence-electron chi connectivity index (χ1n) is 9.07. The molecule has 6 nitrogen and oxygen atoms in total. The van der Waals surface area contributed by atoms with Gasteiger partial charge in [0.15, 0.2) is 17.6 Å². The summed E-state index contributed by atoms with van der Waals surface area (Å²) in [5.74, 6) is -8.77. The van der Waals surface area contributed by atoms with E-state index in [1.165, 1.54) is 6.07 Å². The van der Waals surface area contributed by atoms with E-state index in [2.05, 4.69) is 25.6 Å². The standard InChI is InChI=1S/C17H17F7N6/c18-14(19)4-8(5-14)17(25)29-12(10-2-1-3-11(27-10)16(22,23)24)28-13(30-17)26-9-6-15(20,21)7-9/h1-3,8-9H,4-7,25H2,(H2,26,28,29,30). The van der Waals surface area contributed by atoms with Gasteiger partial charge in [-0.1, -0.05) is 6.07 Å². The third-order valence-corrected chi connectivity index (χ3v) is 5.23. The number of hydrogen-bond donors (Lipinski definition) is 3. The zero-order chi connectivity index (χ0) is 21.9. The van der Waals surface area contributed by atoms with Crippen molar-refractivity contribution in [2.45, 2.75) is 55.5 Å². The van der Waals surface area contributed by atoms with Crippen molar-refractivity contribution in [1.82, 2.24) is 15.6 Å². The van der Waals surface area contributed by atoms with Crippen LogP contribution in [0.15, 0.2) is 28.2 Å². The zero-order valence-corrected chi connectivity index (χ0v) is 15.3. The summed E-state index contributed by atoms with van der Waals surface area (Å²) in [5, 5.41) is 5.24. The third kappa shape index (κ3) is 4.07. The maximum Gasteiger partial charge on any atom is 0.433 e. The summed E-state index contributed by atoms with van der Waals surface area (Å²) >= 11 is 0. The van der Waals surface area contributed by atoms with Crippen LogP contribution in [0.4, 0.5) is 30.7 Å². The Kier molecular flexibility index (Phi) is 4.53. The highest BCUT2D eigenvalue weighted by molar-refractivity contribution is 6.09. The fourth-order valence-corrected chi connectivity index (χ4v) is 3.55. The Morgan fingerprint density at radius 2 is 1.67 bits per heavy atom. The smallest absolute Gasteiger partial charge is 0.319 e. The van der Waals surface area contributed by atoms with E-state index in [0.29, 0.717) is 0 Å². The Hall–Kier alpha value is -2.44. The molecule has 3 aliphatic rings. The van der Waals surface area contributed by atoms with Crippen LogP contribution in [-0.2, 0) is 6.18 Å². The van der Waals surface area contributed by atoms with Gasteiger partial charge in [-0.3, -0.25) is 5.73 Å². The van der Waals surface area contributed by atoms with Crippen LogP contribution in [0, 0.1) is 5.92 Å². The number of aliphatic imine (C=N–C) groups is 2. The third-order valence-electron chi connectivity index (χ3n) is 5.23. The number of nitrogens with two attached hydrogens (primary N) is 1. The van der Waals surface area contributed by atoms with Gasteiger partial charge in [0, 0.05) is 31.6 Å². The van der Waals surface area contributed by atoms with Gasteiger partial charge in [0.1, 0.15) is 11.4 Å². The van der Waals surface area contributed by atoms with Crippen molar-refractivity contribution in [3.8, 4) is 0 Å². The van der Waals surface area contributed by atoms with Gasteiger partial charge in [0.2, 0.25) is 5.92 Å². The van der Waals surface area contributed by atoms with E-state index in [1.54, 1.807) is 0 Å². The summed E-state index contributed by atoms with van der Waals surface area (Å²) < 4.78 is 92.0. The molecule has 30 heavy (non-hydrogen) atoms. The van der Waals surface area contributed by atoms with E-state index >= 15 is 0 Å². The van der Waals surface area contributed by atoms with Gasteiger partial charge < -0.3 is 10.6 Å². The predicted molar refractivity (Wildman–Crippen MR) is 92.0 cm³/mol. The molecule has 1 unspecified atom stereocenters. The second kappa shape index (κ2) is 6.53. The lowest BCUT2D eigenvalue weighted by Gasteiger charge is -2.46. The molecule has 1 aliphatic heterocycles. The van der Waals surface area contributed by atoms with Crippen LogP contribution in [0.2, 0.25) is 0 Å². The lowest BCUT2D eigenvalue weighted by Crippen LogP contribution is -2.70. The molecular formula is C17H17F7N6. The van der Waals surface area contributed by atoms with Crippen molar-refractivity contribution in [3.63, 3.8) is 0 Å². The lowest BCUT2D eigenvalue weighted by atomic mass is 9.76. The van der Waals surface area contributed by atoms with E-state index in [1.807, 2.05) is 0 Å². The van der Waals surface area contributed by atoms with Crippen molar-refractivity contribution in [1.29, 1.82) is 0 Å². The second-order valence-corrected chi connectivity index (χ2v) is 7.80. The normalized spacial score (nSPS) is 30.0. The van der Waals surface area contributed by atoms with Crippen LogP contribution < -0.4 is 16.4 Å². The predicted octanol–water partition coefficient (Wildman–Crippen LogP) is 2.85. The van der Waals surface area contributed by atoms with Gasteiger partial charge in [-0.25, -0.2) is 32.5 Å². The van der Waals surface area contributed by atoms with Gasteiger partial charge in [-0.2, -0.15) is 13.2 Å². The highest BCUT2D eigenvalue weighted by Crippen LogP contribution is 2.47. The quantitative estimate of drug-likeness (QED) is 0.634. The molecule has 4 rings (SSSR count). The number of halogens is 7. The Balaban J connectivity index is 1.66. The van der Waals surface area contributed by atoms with Crippen LogP contribution >= 0.6 is 0 Å². The molecule has 0 bridgehead atoms. The van der Waals surface area contributed by atoms with Crippen molar-refractivity contribution >= 4 is 11.8 Å². The summed E-state index contributed by atoms with van der Waals surface area (Å²) in [5.41, 5.74) is 4.75. The summed E-state index contributed by atoms with van der Waals surface area (Å²) in [6.07, 6.45) is -6.90. The van der Waals surface area contributed by atoms with E-state index < -0.39 is 67.1 Å². The maximum absolute atomic E-state index is 13.4. The van der Waals surface area contributed by atoms with Gasteiger partial charge >= 0.3 is 6.18 Å². The molecule has 1 aromatic rings. The first-order chi connectivity index (χ1) is 13.7. The number of alkyl halides is 7. The molecule has 0 aromatic carbocycles. The molecule has 2 fully saturated rings. The molecule has 0 radical (unpaired) electrons. The molecule has 1 aromatic heterocycles. The number of rotatable bonds is 3. The summed E-state index contributed by atoms with van der Waals surface area (Å²) in [7, 11) is 0. The van der Waals surface area contributed by atoms with E-state index in [4.69, 9.17) is 5.73 Å². The average Bonchev–Trinajstić information content (AvgIpc) is 2.57. The van der Waals surface area contributed by atoms with E-state index in [-0.39, 0.29) is 17.5 Å². The minimum atomic E-state index is -4.71. The van der Waals surface area contributed by atoms with Crippen LogP contribution in [-0.4, -0.2) is 40.5 Å². The average molecular weight is 438 g/mol. The molecule has 164 valence electrons. The minimum absolute atomic E-state index is 0.127. The molecular weight excluding hydrogens is 421 g/mol. The number of guanidine groups is 1. The molecule has 1 atom stereocenters. The number of hydrogen-bond acceptors (Lipinski definition) is 4. The van der Waals surface area contributed by atoms with Crippen LogP contribution in [0.1, 0.15) is 37.1 Å². The SMILES string of the molecule is NC1(C2CC(F)(F)C2)N=C(c2cccc(C(F)(F)F)n2)NC(=NC2CC(F)(F)C2)N1. The fraction of sp³-hybridized carbons (Fsp3) is 0.588.